The number of benzene rings is 1. The van der Waals surface area contributed by atoms with Gasteiger partial charge in [-0.3, -0.25) is 10.1 Å². The van der Waals surface area contributed by atoms with Gasteiger partial charge in [-0.25, -0.2) is 0 Å². The quantitative estimate of drug-likeness (QED) is 0.618. The summed E-state index contributed by atoms with van der Waals surface area (Å²) in [5, 5.41) is 17.6. The predicted octanol–water partition coefficient (Wildman–Crippen LogP) is 3.72. The summed E-state index contributed by atoms with van der Waals surface area (Å²) in [6.45, 7) is 5.57. The van der Waals surface area contributed by atoms with Gasteiger partial charge in [0.15, 0.2) is 0 Å². The first kappa shape index (κ1) is 15.0. The summed E-state index contributed by atoms with van der Waals surface area (Å²) in [7, 11) is 0. The number of thioether (sulfide) groups is 1. The van der Waals surface area contributed by atoms with Gasteiger partial charge in [0.05, 0.1) is 4.92 Å². The van der Waals surface area contributed by atoms with E-state index in [1.165, 1.54) is 12.2 Å². The summed E-state index contributed by atoms with van der Waals surface area (Å²) in [6.07, 6.45) is 2.38. The SMILES string of the molecule is CCNc1cccc(NCC2(C)CCCS2)c1[N+](=O)[O-]. The molecule has 1 aromatic carbocycles. The second-order valence-corrected chi connectivity index (χ2v) is 6.93. The van der Waals surface area contributed by atoms with Crippen LogP contribution in [0.15, 0.2) is 18.2 Å². The Hall–Kier alpha value is -1.43. The van der Waals surface area contributed by atoms with Crippen LogP contribution in [0.5, 0.6) is 0 Å². The minimum atomic E-state index is -0.315. The molecule has 1 heterocycles. The molecule has 0 aromatic heterocycles. The van der Waals surface area contributed by atoms with Crippen LogP contribution in [0.4, 0.5) is 17.1 Å². The van der Waals surface area contributed by atoms with E-state index >= 15 is 0 Å². The number of rotatable bonds is 6. The first-order valence-electron chi connectivity index (χ1n) is 6.95. The zero-order valence-electron chi connectivity index (χ0n) is 11.9. The van der Waals surface area contributed by atoms with Crippen LogP contribution < -0.4 is 10.6 Å². The van der Waals surface area contributed by atoms with Crippen molar-refractivity contribution < 1.29 is 4.92 Å². The molecule has 0 saturated carbocycles. The number of nitro benzene ring substituents is 1. The van der Waals surface area contributed by atoms with Gasteiger partial charge in [0, 0.05) is 17.8 Å². The second-order valence-electron chi connectivity index (χ2n) is 5.24. The third kappa shape index (κ3) is 3.36. The van der Waals surface area contributed by atoms with Crippen molar-refractivity contribution in [2.75, 3.05) is 29.5 Å². The molecule has 110 valence electrons. The van der Waals surface area contributed by atoms with Gasteiger partial charge in [0.1, 0.15) is 11.4 Å². The highest BCUT2D eigenvalue weighted by Gasteiger charge is 2.30. The standard InChI is InChI=1S/C14H21N3O2S/c1-3-15-11-6-4-7-12(13(11)17(18)19)16-10-14(2)8-5-9-20-14/h4,6-7,15-16H,3,5,8-10H2,1-2H3. The lowest BCUT2D eigenvalue weighted by atomic mass is 10.1. The van der Waals surface area contributed by atoms with Crippen LogP contribution in [0.2, 0.25) is 0 Å². The van der Waals surface area contributed by atoms with Crippen molar-refractivity contribution in [1.82, 2.24) is 0 Å². The number of nitrogens with zero attached hydrogens (tertiary/aromatic N) is 1. The van der Waals surface area contributed by atoms with Gasteiger partial charge in [0.2, 0.25) is 0 Å². The molecule has 1 aromatic rings. The van der Waals surface area contributed by atoms with Crippen molar-refractivity contribution >= 4 is 28.8 Å². The first-order chi connectivity index (χ1) is 9.56. The molecule has 6 heteroatoms. The van der Waals surface area contributed by atoms with E-state index in [0.29, 0.717) is 17.9 Å². The van der Waals surface area contributed by atoms with Gasteiger partial charge < -0.3 is 10.6 Å². The van der Waals surface area contributed by atoms with Crippen molar-refractivity contribution in [3.8, 4) is 0 Å². The molecule has 1 unspecified atom stereocenters. The van der Waals surface area contributed by atoms with Gasteiger partial charge in [-0.1, -0.05) is 6.07 Å². The van der Waals surface area contributed by atoms with Crippen LogP contribution in [0.25, 0.3) is 0 Å². The molecule has 1 fully saturated rings. The van der Waals surface area contributed by atoms with Gasteiger partial charge in [-0.15, -0.1) is 0 Å². The van der Waals surface area contributed by atoms with E-state index in [1.807, 2.05) is 24.8 Å². The molecule has 0 aliphatic carbocycles. The molecule has 1 atom stereocenters. The molecule has 0 spiro atoms. The van der Waals surface area contributed by atoms with E-state index in [4.69, 9.17) is 0 Å². The molecule has 1 saturated heterocycles. The highest BCUT2D eigenvalue weighted by atomic mass is 32.2. The molecule has 5 nitrogen and oxygen atoms in total. The average Bonchev–Trinajstić information content (AvgIpc) is 2.84. The Morgan fingerprint density at radius 3 is 2.65 bits per heavy atom. The Bertz CT molecular complexity index is 487. The van der Waals surface area contributed by atoms with E-state index in [9.17, 15) is 10.1 Å². The molecule has 1 aliphatic rings. The Morgan fingerprint density at radius 1 is 1.40 bits per heavy atom. The van der Waals surface area contributed by atoms with Gasteiger partial charge in [-0.2, -0.15) is 11.8 Å². The number of hydrogen-bond acceptors (Lipinski definition) is 5. The largest absolute Gasteiger partial charge is 0.380 e. The molecular weight excluding hydrogens is 274 g/mol. The van der Waals surface area contributed by atoms with Gasteiger partial charge in [-0.05, 0) is 44.6 Å². The van der Waals surface area contributed by atoms with E-state index in [-0.39, 0.29) is 15.4 Å². The summed E-state index contributed by atoms with van der Waals surface area (Å²) in [6, 6.07) is 5.37. The summed E-state index contributed by atoms with van der Waals surface area (Å²) in [5.41, 5.74) is 1.31. The number of nitro groups is 1. The van der Waals surface area contributed by atoms with Crippen LogP contribution in [-0.4, -0.2) is 28.5 Å². The molecule has 2 rings (SSSR count). The van der Waals surface area contributed by atoms with Crippen LogP contribution >= 0.6 is 11.8 Å². The maximum absolute atomic E-state index is 11.3. The molecule has 0 radical (unpaired) electrons. The number of hydrogen-bond donors (Lipinski definition) is 2. The summed E-state index contributed by atoms with van der Waals surface area (Å²) < 4.78 is 0.183. The van der Waals surface area contributed by atoms with Crippen LogP contribution in [0, 0.1) is 10.1 Å². The zero-order valence-corrected chi connectivity index (χ0v) is 12.8. The van der Waals surface area contributed by atoms with E-state index in [1.54, 1.807) is 12.1 Å². The number of para-hydroxylation sites is 1. The molecule has 20 heavy (non-hydrogen) atoms. The zero-order chi connectivity index (χ0) is 14.6. The average molecular weight is 295 g/mol. The molecular formula is C14H21N3O2S. The van der Waals surface area contributed by atoms with Crippen LogP contribution in [0.1, 0.15) is 26.7 Å². The lowest BCUT2D eigenvalue weighted by Crippen LogP contribution is -2.27. The lowest BCUT2D eigenvalue weighted by Gasteiger charge is -2.23. The molecule has 0 amide bonds. The third-order valence-corrected chi connectivity index (χ3v) is 5.08. The summed E-state index contributed by atoms with van der Waals surface area (Å²) in [4.78, 5) is 11.0. The normalized spacial score (nSPS) is 21.7. The van der Waals surface area contributed by atoms with E-state index in [2.05, 4.69) is 17.6 Å². The monoisotopic (exact) mass is 295 g/mol. The molecule has 2 N–H and O–H groups in total. The minimum absolute atomic E-state index is 0.140. The third-order valence-electron chi connectivity index (χ3n) is 3.54. The second kappa shape index (κ2) is 6.35. The van der Waals surface area contributed by atoms with Crippen molar-refractivity contribution in [3.05, 3.63) is 28.3 Å². The van der Waals surface area contributed by atoms with E-state index < -0.39 is 0 Å². The fraction of sp³-hybridized carbons (Fsp3) is 0.571. The Labute approximate surface area is 123 Å². The highest BCUT2D eigenvalue weighted by molar-refractivity contribution is 8.00. The van der Waals surface area contributed by atoms with Crippen molar-refractivity contribution in [2.24, 2.45) is 0 Å². The Morgan fingerprint density at radius 2 is 2.10 bits per heavy atom. The van der Waals surface area contributed by atoms with Crippen LogP contribution in [0.3, 0.4) is 0 Å². The van der Waals surface area contributed by atoms with Gasteiger partial charge >= 0.3 is 5.69 Å². The summed E-state index contributed by atoms with van der Waals surface area (Å²) in [5.74, 6) is 1.18. The summed E-state index contributed by atoms with van der Waals surface area (Å²) >= 11 is 1.94. The molecule has 0 bridgehead atoms. The number of anilines is 2. The number of nitrogens with one attached hydrogen (secondary N) is 2. The van der Waals surface area contributed by atoms with Crippen molar-refractivity contribution in [2.45, 2.75) is 31.4 Å². The van der Waals surface area contributed by atoms with Crippen LogP contribution in [-0.2, 0) is 0 Å². The fourth-order valence-corrected chi connectivity index (χ4v) is 3.72. The maximum atomic E-state index is 11.3. The Balaban J connectivity index is 2.18. The molecule has 1 aliphatic heterocycles. The van der Waals surface area contributed by atoms with Crippen molar-refractivity contribution in [3.63, 3.8) is 0 Å². The highest BCUT2D eigenvalue weighted by Crippen LogP contribution is 2.39. The topological polar surface area (TPSA) is 67.2 Å². The fourth-order valence-electron chi connectivity index (χ4n) is 2.47. The van der Waals surface area contributed by atoms with E-state index in [0.717, 1.165) is 13.0 Å². The first-order valence-corrected chi connectivity index (χ1v) is 7.93. The van der Waals surface area contributed by atoms with Crippen molar-refractivity contribution in [1.29, 1.82) is 0 Å². The Kier molecular flexibility index (Phi) is 4.75. The maximum Gasteiger partial charge on any atom is 0.315 e. The lowest BCUT2D eigenvalue weighted by molar-refractivity contribution is -0.383. The predicted molar refractivity (Wildman–Crippen MR) is 85.8 cm³/mol. The minimum Gasteiger partial charge on any atom is -0.380 e. The smallest absolute Gasteiger partial charge is 0.315 e. The van der Waals surface area contributed by atoms with Gasteiger partial charge in [0.25, 0.3) is 0 Å².